The van der Waals surface area contributed by atoms with Crippen LogP contribution < -0.4 is 0 Å². The minimum absolute atomic E-state index is 0.0601. The summed E-state index contributed by atoms with van der Waals surface area (Å²) < 4.78 is 29.6. The first-order valence-electron chi connectivity index (χ1n) is 5.50. The van der Waals surface area contributed by atoms with Crippen molar-refractivity contribution in [1.29, 1.82) is 0 Å². The van der Waals surface area contributed by atoms with Gasteiger partial charge >= 0.3 is 5.97 Å². The molecule has 5 nitrogen and oxygen atoms in total. The summed E-state index contributed by atoms with van der Waals surface area (Å²) in [6.07, 6.45) is 0.536. The summed E-state index contributed by atoms with van der Waals surface area (Å²) in [5, 5.41) is 0. The van der Waals surface area contributed by atoms with Gasteiger partial charge in [0, 0.05) is 6.04 Å². The Morgan fingerprint density at radius 1 is 1.31 bits per heavy atom. The summed E-state index contributed by atoms with van der Waals surface area (Å²) in [5.41, 5.74) is 0. The van der Waals surface area contributed by atoms with Crippen LogP contribution in [0.25, 0.3) is 0 Å². The lowest BCUT2D eigenvalue weighted by atomic mass is 10.4. The predicted molar refractivity (Wildman–Crippen MR) is 62.6 cm³/mol. The number of nitrogens with zero attached hydrogens (tertiary/aromatic N) is 1. The van der Waals surface area contributed by atoms with E-state index in [9.17, 15) is 13.2 Å². The fourth-order valence-corrected chi connectivity index (χ4v) is 3.01. The van der Waals surface area contributed by atoms with Crippen LogP contribution in [-0.2, 0) is 19.6 Å². The molecule has 0 aliphatic carbocycles. The van der Waals surface area contributed by atoms with Crippen LogP contribution in [0.5, 0.6) is 0 Å². The zero-order valence-electron chi connectivity index (χ0n) is 10.4. The topological polar surface area (TPSA) is 63.7 Å². The van der Waals surface area contributed by atoms with E-state index in [-0.39, 0.29) is 24.9 Å². The van der Waals surface area contributed by atoms with Gasteiger partial charge in [0.05, 0.1) is 12.4 Å². The van der Waals surface area contributed by atoms with Gasteiger partial charge in [-0.2, -0.15) is 4.31 Å². The number of hydrogen-bond donors (Lipinski definition) is 0. The second kappa shape index (κ2) is 6.85. The summed E-state index contributed by atoms with van der Waals surface area (Å²) in [4.78, 5) is 11.3. The summed E-state index contributed by atoms with van der Waals surface area (Å²) in [6, 6.07) is -0.235. The first-order valence-corrected chi connectivity index (χ1v) is 7.11. The van der Waals surface area contributed by atoms with Crippen molar-refractivity contribution in [3.05, 3.63) is 0 Å². The number of carbonyl (C=O) groups is 1. The van der Waals surface area contributed by atoms with Gasteiger partial charge in [0.2, 0.25) is 10.0 Å². The van der Waals surface area contributed by atoms with Gasteiger partial charge in [-0.3, -0.25) is 4.79 Å². The van der Waals surface area contributed by atoms with Crippen molar-refractivity contribution in [3.63, 3.8) is 0 Å². The molecule has 96 valence electrons. The molecule has 0 aromatic rings. The van der Waals surface area contributed by atoms with Gasteiger partial charge in [0.15, 0.2) is 0 Å². The van der Waals surface area contributed by atoms with Crippen molar-refractivity contribution in [3.8, 4) is 0 Å². The number of rotatable bonds is 7. The second-order valence-electron chi connectivity index (χ2n) is 3.76. The minimum atomic E-state index is -3.35. The molecule has 0 heterocycles. The van der Waals surface area contributed by atoms with Gasteiger partial charge in [-0.1, -0.05) is 6.92 Å². The molecule has 6 heteroatoms. The lowest BCUT2D eigenvalue weighted by Crippen LogP contribution is -2.42. The number of ether oxygens (including phenoxy) is 1. The van der Waals surface area contributed by atoms with Gasteiger partial charge in [-0.15, -0.1) is 0 Å². The Kier molecular flexibility index (Phi) is 6.59. The maximum Gasteiger partial charge on any atom is 0.321 e. The maximum atomic E-state index is 11.8. The van der Waals surface area contributed by atoms with Gasteiger partial charge in [0.1, 0.15) is 6.54 Å². The molecule has 0 aliphatic heterocycles. The minimum Gasteiger partial charge on any atom is -0.465 e. The van der Waals surface area contributed by atoms with Crippen molar-refractivity contribution in [2.45, 2.75) is 40.2 Å². The molecular formula is C10H21NO4S. The monoisotopic (exact) mass is 251 g/mol. The van der Waals surface area contributed by atoms with E-state index in [0.29, 0.717) is 6.42 Å². The van der Waals surface area contributed by atoms with Crippen LogP contribution in [0, 0.1) is 0 Å². The molecule has 0 N–H and O–H groups in total. The Morgan fingerprint density at radius 2 is 1.88 bits per heavy atom. The van der Waals surface area contributed by atoms with Gasteiger partial charge < -0.3 is 4.74 Å². The molecule has 0 amide bonds. The van der Waals surface area contributed by atoms with Crippen LogP contribution in [-0.4, -0.2) is 43.6 Å². The van der Waals surface area contributed by atoms with Crippen molar-refractivity contribution >= 4 is 16.0 Å². The van der Waals surface area contributed by atoms with Gasteiger partial charge in [0.25, 0.3) is 0 Å². The fraction of sp³-hybridized carbons (Fsp3) is 0.900. The van der Waals surface area contributed by atoms with E-state index in [4.69, 9.17) is 4.74 Å². The lowest BCUT2D eigenvalue weighted by molar-refractivity contribution is -0.143. The molecule has 0 aliphatic rings. The van der Waals surface area contributed by atoms with E-state index < -0.39 is 16.0 Å². The van der Waals surface area contributed by atoms with E-state index in [1.165, 1.54) is 4.31 Å². The molecule has 16 heavy (non-hydrogen) atoms. The van der Waals surface area contributed by atoms with Crippen LogP contribution in [0.1, 0.15) is 34.1 Å². The van der Waals surface area contributed by atoms with E-state index in [1.807, 2.05) is 0 Å². The highest BCUT2D eigenvalue weighted by Crippen LogP contribution is 2.08. The summed E-state index contributed by atoms with van der Waals surface area (Å²) >= 11 is 0. The van der Waals surface area contributed by atoms with Crippen molar-refractivity contribution in [2.75, 3.05) is 18.9 Å². The standard InChI is InChI=1S/C10H21NO4S/c1-5-7-16(13,14)11(9(3)4)8-10(12)15-6-2/h9H,5-8H2,1-4H3. The largest absolute Gasteiger partial charge is 0.465 e. The van der Waals surface area contributed by atoms with Crippen LogP contribution in [0.2, 0.25) is 0 Å². The normalized spacial score (nSPS) is 12.1. The van der Waals surface area contributed by atoms with Crippen molar-refractivity contribution in [1.82, 2.24) is 4.31 Å². The zero-order valence-corrected chi connectivity index (χ0v) is 11.2. The maximum absolute atomic E-state index is 11.8. The third-order valence-corrected chi connectivity index (χ3v) is 4.18. The first kappa shape index (κ1) is 15.4. The van der Waals surface area contributed by atoms with E-state index in [0.717, 1.165) is 0 Å². The lowest BCUT2D eigenvalue weighted by Gasteiger charge is -2.24. The number of esters is 1. The van der Waals surface area contributed by atoms with Crippen LogP contribution in [0.3, 0.4) is 0 Å². The van der Waals surface area contributed by atoms with Crippen LogP contribution in [0.15, 0.2) is 0 Å². The quantitative estimate of drug-likeness (QED) is 0.633. The Bertz CT molecular complexity index is 311. The Morgan fingerprint density at radius 3 is 2.25 bits per heavy atom. The van der Waals surface area contributed by atoms with Gasteiger partial charge in [-0.25, -0.2) is 8.42 Å². The highest BCUT2D eigenvalue weighted by atomic mass is 32.2. The Balaban J connectivity index is 4.69. The highest BCUT2D eigenvalue weighted by molar-refractivity contribution is 7.89. The Labute approximate surface area is 97.8 Å². The molecule has 0 spiro atoms. The number of sulfonamides is 1. The van der Waals surface area contributed by atoms with Crippen molar-refractivity contribution in [2.24, 2.45) is 0 Å². The summed E-state index contributed by atoms with van der Waals surface area (Å²) in [6.45, 7) is 7.03. The molecule has 0 saturated carbocycles. The number of hydrogen-bond acceptors (Lipinski definition) is 4. The number of carbonyl (C=O) groups excluding carboxylic acids is 1. The average molecular weight is 251 g/mol. The molecule has 0 radical (unpaired) electrons. The van der Waals surface area contributed by atoms with E-state index in [2.05, 4.69) is 0 Å². The summed E-state index contributed by atoms with van der Waals surface area (Å²) in [7, 11) is -3.35. The average Bonchev–Trinajstić information content (AvgIpc) is 2.13. The zero-order chi connectivity index (χ0) is 12.8. The molecule has 0 saturated heterocycles. The second-order valence-corrected chi connectivity index (χ2v) is 5.80. The third kappa shape index (κ3) is 4.94. The molecule has 0 fully saturated rings. The third-order valence-electron chi connectivity index (χ3n) is 1.99. The Hall–Kier alpha value is -0.620. The predicted octanol–water partition coefficient (Wildman–Crippen LogP) is 1.000. The van der Waals surface area contributed by atoms with Gasteiger partial charge in [-0.05, 0) is 27.2 Å². The molecule has 0 aromatic heterocycles. The molecule has 0 unspecified atom stereocenters. The summed E-state index contributed by atoms with van der Waals surface area (Å²) in [5.74, 6) is -0.444. The smallest absolute Gasteiger partial charge is 0.321 e. The van der Waals surface area contributed by atoms with Crippen molar-refractivity contribution < 1.29 is 17.9 Å². The molecule has 0 aromatic carbocycles. The van der Waals surface area contributed by atoms with Crippen LogP contribution in [0.4, 0.5) is 0 Å². The SMILES string of the molecule is CCCS(=O)(=O)N(CC(=O)OCC)C(C)C. The molecule has 0 atom stereocenters. The molecule has 0 bridgehead atoms. The van der Waals surface area contributed by atoms with Crippen LogP contribution >= 0.6 is 0 Å². The fourth-order valence-electron chi connectivity index (χ4n) is 1.31. The molecular weight excluding hydrogens is 230 g/mol. The first-order chi connectivity index (χ1) is 7.35. The van der Waals surface area contributed by atoms with E-state index >= 15 is 0 Å². The highest BCUT2D eigenvalue weighted by Gasteiger charge is 2.26. The molecule has 0 rings (SSSR count). The van der Waals surface area contributed by atoms with E-state index in [1.54, 1.807) is 27.7 Å².